The lowest BCUT2D eigenvalue weighted by Crippen LogP contribution is -2.55. The van der Waals surface area contributed by atoms with Gasteiger partial charge in [-0.2, -0.15) is 0 Å². The van der Waals surface area contributed by atoms with E-state index in [1.54, 1.807) is 24.3 Å². The zero-order valence-electron chi connectivity index (χ0n) is 24.7. The number of rotatable bonds is 6. The molecule has 0 amide bonds. The number of carboxylic acids is 1. The van der Waals surface area contributed by atoms with Crippen molar-refractivity contribution in [1.82, 2.24) is 0 Å². The zero-order chi connectivity index (χ0) is 30.7. The lowest BCUT2D eigenvalue weighted by molar-refractivity contribution is -0.198. The molecule has 3 aliphatic heterocycles. The maximum absolute atomic E-state index is 12.8. The van der Waals surface area contributed by atoms with Gasteiger partial charge in [0.1, 0.15) is 6.10 Å². The molecule has 0 aromatic heterocycles. The van der Waals surface area contributed by atoms with Gasteiger partial charge in [-0.05, 0) is 26.2 Å². The summed E-state index contributed by atoms with van der Waals surface area (Å²) in [6.45, 7) is 5.52. The second-order valence-electron chi connectivity index (χ2n) is 11.7. The molecule has 3 heterocycles. The largest absolute Gasteiger partial charge is 0.479 e. The van der Waals surface area contributed by atoms with Gasteiger partial charge in [-0.15, -0.1) is 0 Å². The Labute approximate surface area is 248 Å². The molecule has 0 aliphatic carbocycles. The molecule has 232 valence electrons. The van der Waals surface area contributed by atoms with Crippen LogP contribution in [0.3, 0.4) is 0 Å². The number of ether oxygens (including phenoxy) is 3. The Kier molecular flexibility index (Phi) is 12.9. The molecule has 0 aromatic carbocycles. The molecule has 9 atom stereocenters. The molecule has 0 unspecified atom stereocenters. The van der Waals surface area contributed by atoms with Crippen LogP contribution in [0.15, 0.2) is 72.4 Å². The smallest absolute Gasteiger partial charge is 0.332 e. The third kappa shape index (κ3) is 9.61. The van der Waals surface area contributed by atoms with Crippen molar-refractivity contribution in [3.63, 3.8) is 0 Å². The first-order valence-electron chi connectivity index (χ1n) is 14.7. The van der Waals surface area contributed by atoms with Crippen molar-refractivity contribution in [2.75, 3.05) is 6.61 Å². The van der Waals surface area contributed by atoms with Crippen molar-refractivity contribution in [1.29, 1.82) is 0 Å². The summed E-state index contributed by atoms with van der Waals surface area (Å²) in [5, 5.41) is 39.4. The van der Waals surface area contributed by atoms with Crippen molar-refractivity contribution >= 4 is 11.9 Å². The number of carbonyl (C=O) groups excluding carboxylic acids is 1. The van der Waals surface area contributed by atoms with E-state index in [9.17, 15) is 24.9 Å². The molecule has 3 rings (SSSR count). The third-order valence-corrected chi connectivity index (χ3v) is 8.31. The van der Waals surface area contributed by atoms with Crippen molar-refractivity contribution in [2.24, 2.45) is 11.3 Å². The van der Waals surface area contributed by atoms with Crippen molar-refractivity contribution in [2.45, 2.75) is 102 Å². The van der Waals surface area contributed by atoms with E-state index >= 15 is 0 Å². The highest BCUT2D eigenvalue weighted by atomic mass is 16.6. The van der Waals surface area contributed by atoms with E-state index in [2.05, 4.69) is 6.08 Å². The van der Waals surface area contributed by atoms with Gasteiger partial charge in [0.2, 0.25) is 0 Å². The first-order chi connectivity index (χ1) is 20.0. The van der Waals surface area contributed by atoms with Crippen LogP contribution in [0.4, 0.5) is 0 Å². The van der Waals surface area contributed by atoms with Crippen LogP contribution >= 0.6 is 0 Å². The summed E-state index contributed by atoms with van der Waals surface area (Å²) in [4.78, 5) is 23.7. The predicted molar refractivity (Wildman–Crippen MR) is 158 cm³/mol. The topological polar surface area (TPSA) is 143 Å². The van der Waals surface area contributed by atoms with Crippen molar-refractivity contribution in [3.8, 4) is 0 Å². The van der Waals surface area contributed by atoms with Crippen LogP contribution in [0.1, 0.15) is 59.3 Å². The predicted octanol–water partition coefficient (Wildman–Crippen LogP) is 3.96. The highest BCUT2D eigenvalue weighted by Gasteiger charge is 2.49. The number of aliphatic carboxylic acids is 1. The minimum Gasteiger partial charge on any atom is -0.479 e. The average Bonchev–Trinajstić information content (AvgIpc) is 2.94. The van der Waals surface area contributed by atoms with Crippen molar-refractivity contribution < 1.29 is 44.2 Å². The Balaban J connectivity index is 1.82. The van der Waals surface area contributed by atoms with Crippen LogP contribution in [0.25, 0.3) is 0 Å². The molecular weight excluding hydrogens is 540 g/mol. The monoisotopic (exact) mass is 586 g/mol. The number of hydrogen-bond acceptors (Lipinski definition) is 8. The number of aliphatic hydroxyl groups excluding tert-OH is 3. The van der Waals surface area contributed by atoms with Crippen LogP contribution in [0.2, 0.25) is 0 Å². The van der Waals surface area contributed by atoms with Gasteiger partial charge in [-0.3, -0.25) is 0 Å². The van der Waals surface area contributed by atoms with Crippen LogP contribution in [-0.2, 0) is 23.8 Å². The van der Waals surface area contributed by atoms with Gasteiger partial charge in [-0.1, -0.05) is 80.2 Å². The zero-order valence-corrected chi connectivity index (χ0v) is 24.7. The molecule has 0 spiro atoms. The summed E-state index contributed by atoms with van der Waals surface area (Å²) in [6.07, 6.45) is 18.5. The summed E-state index contributed by atoms with van der Waals surface area (Å²) < 4.78 is 18.5. The van der Waals surface area contributed by atoms with Crippen LogP contribution in [0, 0.1) is 11.3 Å². The Morgan fingerprint density at radius 1 is 1.14 bits per heavy atom. The van der Waals surface area contributed by atoms with Gasteiger partial charge in [0.25, 0.3) is 0 Å². The molecule has 9 nitrogen and oxygen atoms in total. The number of allylic oxidation sites excluding steroid dienone is 6. The number of esters is 1. The fourth-order valence-corrected chi connectivity index (χ4v) is 5.44. The lowest BCUT2D eigenvalue weighted by atomic mass is 9.73. The van der Waals surface area contributed by atoms with E-state index in [4.69, 9.17) is 19.3 Å². The fraction of sp³-hybridized carbons (Fsp3) is 0.576. The maximum Gasteiger partial charge on any atom is 0.332 e. The number of hydrogen-bond donors (Lipinski definition) is 4. The van der Waals surface area contributed by atoms with Gasteiger partial charge in [0, 0.05) is 31.3 Å². The maximum atomic E-state index is 12.8. The Hall–Kier alpha value is -2.82. The van der Waals surface area contributed by atoms with Crippen LogP contribution in [-0.4, -0.2) is 81.7 Å². The SMILES string of the molecule is CC1=C/[C@H]2O[C@@H](C/C=C\C=C/C(=O)O[C@@H]3C[C@@H](/C=C\C/C=C\1)O[C@@H](C/C=C\C[C@@H](O)C(=O)O)[C@]3(C)CO)C[C@H](O)[C@H]2C. The number of fused-ring (bicyclic) bond motifs is 4. The first-order valence-corrected chi connectivity index (χ1v) is 14.7. The molecule has 3 aliphatic rings. The van der Waals surface area contributed by atoms with Gasteiger partial charge < -0.3 is 34.6 Å². The Bertz CT molecular complexity index is 1090. The van der Waals surface area contributed by atoms with Crippen molar-refractivity contribution in [3.05, 3.63) is 72.4 Å². The Morgan fingerprint density at radius 3 is 2.67 bits per heavy atom. The van der Waals surface area contributed by atoms with E-state index < -0.39 is 41.8 Å². The summed E-state index contributed by atoms with van der Waals surface area (Å²) in [7, 11) is 0. The van der Waals surface area contributed by atoms with E-state index in [0.717, 1.165) is 5.57 Å². The summed E-state index contributed by atoms with van der Waals surface area (Å²) in [5.74, 6) is -1.86. The second kappa shape index (κ2) is 16.1. The van der Waals surface area contributed by atoms with Crippen LogP contribution in [0.5, 0.6) is 0 Å². The molecule has 4 bridgehead atoms. The van der Waals surface area contributed by atoms with Gasteiger partial charge in [0.05, 0.1) is 42.5 Å². The fourth-order valence-electron chi connectivity index (χ4n) is 5.44. The van der Waals surface area contributed by atoms with Gasteiger partial charge >= 0.3 is 11.9 Å². The highest BCUT2D eigenvalue weighted by Crippen LogP contribution is 2.41. The number of aliphatic hydroxyl groups is 3. The molecule has 2 saturated heterocycles. The summed E-state index contributed by atoms with van der Waals surface area (Å²) >= 11 is 0. The quantitative estimate of drug-likeness (QED) is 0.269. The van der Waals surface area contributed by atoms with Crippen LogP contribution < -0.4 is 0 Å². The standard InChI is InChI=1S/C33H46O9/c1-22-12-6-4-7-14-25-20-30(33(3,21-34)29(41-25)16-11-10-15-26(35)32(38)39)42-31(37)17-9-5-8-13-24-19-27(36)23(2)28(18-22)40-24/h5-12,14,17-18,23-30,34-36H,4,13,15-16,19-21H2,1-3H3,(H,38,39)/b8-5-,11-10-,12-6-,14-7-,17-9-,22-18-/t23-,24+,25-,26-,27+,28-,29+,30-,33+/m1/s1. The molecule has 4 N–H and O–H groups in total. The molecular formula is C33H46O9. The van der Waals surface area contributed by atoms with E-state index in [1.165, 1.54) is 6.08 Å². The molecule has 0 radical (unpaired) electrons. The first kappa shape index (κ1) is 33.7. The minimum atomic E-state index is -1.49. The molecule has 0 saturated carbocycles. The molecule has 2 fully saturated rings. The lowest BCUT2D eigenvalue weighted by Gasteiger charge is -2.47. The molecule has 42 heavy (non-hydrogen) atoms. The average molecular weight is 587 g/mol. The molecule has 0 aromatic rings. The number of carbonyl (C=O) groups is 2. The van der Waals surface area contributed by atoms with Gasteiger partial charge in [-0.25, -0.2) is 9.59 Å². The van der Waals surface area contributed by atoms with Gasteiger partial charge in [0.15, 0.2) is 6.10 Å². The third-order valence-electron chi connectivity index (χ3n) is 8.31. The summed E-state index contributed by atoms with van der Waals surface area (Å²) in [5.41, 5.74) is 0.130. The van der Waals surface area contributed by atoms with E-state index in [0.29, 0.717) is 32.1 Å². The number of carboxylic acid groups (broad SMARTS) is 1. The minimum absolute atomic E-state index is 0.0213. The van der Waals surface area contributed by atoms with E-state index in [1.807, 2.05) is 51.2 Å². The molecule has 9 heteroatoms. The normalized spacial score (nSPS) is 39.7. The Morgan fingerprint density at radius 2 is 1.93 bits per heavy atom. The van der Waals surface area contributed by atoms with E-state index in [-0.39, 0.29) is 37.3 Å². The highest BCUT2D eigenvalue weighted by molar-refractivity contribution is 5.82. The summed E-state index contributed by atoms with van der Waals surface area (Å²) in [6, 6.07) is 0. The second-order valence-corrected chi connectivity index (χ2v) is 11.7.